The van der Waals surface area contributed by atoms with E-state index in [-0.39, 0.29) is 0 Å². The van der Waals surface area contributed by atoms with Crippen molar-refractivity contribution in [1.82, 2.24) is 5.32 Å². The summed E-state index contributed by atoms with van der Waals surface area (Å²) in [4.78, 5) is 1.31. The summed E-state index contributed by atoms with van der Waals surface area (Å²) < 4.78 is 5.33. The minimum atomic E-state index is 0.461. The van der Waals surface area contributed by atoms with Crippen molar-refractivity contribution in [2.24, 2.45) is 5.41 Å². The van der Waals surface area contributed by atoms with Crippen LogP contribution in [0.1, 0.15) is 40.0 Å². The van der Waals surface area contributed by atoms with E-state index in [1.165, 1.54) is 24.2 Å². The number of benzene rings is 1. The first-order valence-electron chi connectivity index (χ1n) is 7.58. The molecule has 0 aromatic heterocycles. The molecule has 2 nitrogen and oxygen atoms in total. The van der Waals surface area contributed by atoms with E-state index in [2.05, 4.69) is 44.3 Å². The quantitative estimate of drug-likeness (QED) is 0.872. The van der Waals surface area contributed by atoms with Crippen LogP contribution in [-0.2, 0) is 0 Å². The molecule has 0 spiro atoms. The standard InChI is InChI=1S/C17H27NOS/c1-5-18-15-9-10-17(2,3)12-16(15)20-14-8-6-7-13(11-14)19-4/h6-8,11,15-16,18H,5,9-10,12H2,1-4H3. The fourth-order valence-electron chi connectivity index (χ4n) is 2.99. The van der Waals surface area contributed by atoms with Gasteiger partial charge < -0.3 is 10.1 Å². The Bertz CT molecular complexity index is 433. The van der Waals surface area contributed by atoms with Crippen LogP contribution in [-0.4, -0.2) is 24.9 Å². The molecule has 2 atom stereocenters. The van der Waals surface area contributed by atoms with Gasteiger partial charge in [0.25, 0.3) is 0 Å². The molecule has 20 heavy (non-hydrogen) atoms. The molecule has 2 unspecified atom stereocenters. The van der Waals surface area contributed by atoms with Crippen LogP contribution in [0.3, 0.4) is 0 Å². The highest BCUT2D eigenvalue weighted by atomic mass is 32.2. The number of methoxy groups -OCH3 is 1. The van der Waals surface area contributed by atoms with Crippen molar-refractivity contribution < 1.29 is 4.74 Å². The van der Waals surface area contributed by atoms with Crippen molar-refractivity contribution in [1.29, 1.82) is 0 Å². The summed E-state index contributed by atoms with van der Waals surface area (Å²) in [5.74, 6) is 0.949. The summed E-state index contributed by atoms with van der Waals surface area (Å²) in [5, 5.41) is 4.31. The monoisotopic (exact) mass is 293 g/mol. The Morgan fingerprint density at radius 3 is 2.90 bits per heavy atom. The predicted octanol–water partition coefficient (Wildman–Crippen LogP) is 4.34. The van der Waals surface area contributed by atoms with Gasteiger partial charge in [0.05, 0.1) is 7.11 Å². The Hall–Kier alpha value is -0.670. The Morgan fingerprint density at radius 1 is 1.40 bits per heavy atom. The first kappa shape index (κ1) is 15.7. The van der Waals surface area contributed by atoms with Crippen LogP contribution in [0.5, 0.6) is 5.75 Å². The second-order valence-corrected chi connectivity index (χ2v) is 7.72. The molecule has 0 amide bonds. The molecule has 1 aliphatic carbocycles. The third-order valence-electron chi connectivity index (χ3n) is 4.13. The van der Waals surface area contributed by atoms with Crippen LogP contribution in [0.15, 0.2) is 29.2 Å². The lowest BCUT2D eigenvalue weighted by Gasteiger charge is -2.40. The molecule has 1 aliphatic rings. The molecule has 3 heteroatoms. The van der Waals surface area contributed by atoms with E-state index >= 15 is 0 Å². The lowest BCUT2D eigenvalue weighted by molar-refractivity contribution is 0.215. The van der Waals surface area contributed by atoms with Gasteiger partial charge in [0.1, 0.15) is 5.75 Å². The van der Waals surface area contributed by atoms with E-state index in [4.69, 9.17) is 4.74 Å². The Balaban J connectivity index is 2.09. The smallest absolute Gasteiger partial charge is 0.119 e. The van der Waals surface area contributed by atoms with Gasteiger partial charge in [0.15, 0.2) is 0 Å². The van der Waals surface area contributed by atoms with Crippen LogP contribution in [0.4, 0.5) is 0 Å². The third kappa shape index (κ3) is 4.16. The fourth-order valence-corrected chi connectivity index (χ4v) is 4.61. The van der Waals surface area contributed by atoms with Gasteiger partial charge in [-0.05, 0) is 49.4 Å². The second kappa shape index (κ2) is 6.86. The van der Waals surface area contributed by atoms with Crippen LogP contribution < -0.4 is 10.1 Å². The zero-order chi connectivity index (χ0) is 14.6. The SMILES string of the molecule is CCNC1CCC(C)(C)CC1Sc1cccc(OC)c1. The molecule has 1 aromatic rings. The minimum Gasteiger partial charge on any atom is -0.497 e. The van der Waals surface area contributed by atoms with Crippen molar-refractivity contribution in [2.75, 3.05) is 13.7 Å². The second-order valence-electron chi connectivity index (χ2n) is 6.41. The van der Waals surface area contributed by atoms with E-state index in [9.17, 15) is 0 Å². The molecule has 0 bridgehead atoms. The number of rotatable bonds is 5. The molecule has 1 aromatic carbocycles. The zero-order valence-electron chi connectivity index (χ0n) is 13.1. The highest BCUT2D eigenvalue weighted by Crippen LogP contribution is 2.43. The van der Waals surface area contributed by atoms with Gasteiger partial charge in [-0.3, -0.25) is 0 Å². The van der Waals surface area contributed by atoms with Crippen molar-refractivity contribution in [2.45, 2.75) is 56.2 Å². The molecular formula is C17H27NOS. The van der Waals surface area contributed by atoms with E-state index in [0.29, 0.717) is 16.7 Å². The maximum atomic E-state index is 5.33. The maximum absolute atomic E-state index is 5.33. The Labute approximate surface area is 127 Å². The average molecular weight is 293 g/mol. The summed E-state index contributed by atoms with van der Waals surface area (Å²) >= 11 is 2.00. The van der Waals surface area contributed by atoms with E-state index in [1.807, 2.05) is 17.8 Å². The molecule has 1 saturated carbocycles. The third-order valence-corrected chi connectivity index (χ3v) is 5.45. The number of nitrogens with one attached hydrogen (secondary N) is 1. The normalized spacial score (nSPS) is 25.4. The topological polar surface area (TPSA) is 21.3 Å². The first-order chi connectivity index (χ1) is 9.54. The number of ether oxygens (including phenoxy) is 1. The lowest BCUT2D eigenvalue weighted by Crippen LogP contribution is -2.44. The molecule has 1 N–H and O–H groups in total. The zero-order valence-corrected chi connectivity index (χ0v) is 13.9. The van der Waals surface area contributed by atoms with Crippen LogP contribution in [0, 0.1) is 5.41 Å². The van der Waals surface area contributed by atoms with Gasteiger partial charge in [-0.1, -0.05) is 26.8 Å². The number of hydrogen-bond acceptors (Lipinski definition) is 3. The predicted molar refractivity (Wildman–Crippen MR) is 87.7 cm³/mol. The lowest BCUT2D eigenvalue weighted by atomic mass is 9.75. The Morgan fingerprint density at radius 2 is 2.20 bits per heavy atom. The minimum absolute atomic E-state index is 0.461. The van der Waals surface area contributed by atoms with Gasteiger partial charge in [-0.2, -0.15) is 0 Å². The van der Waals surface area contributed by atoms with Crippen molar-refractivity contribution in [3.63, 3.8) is 0 Å². The van der Waals surface area contributed by atoms with Crippen molar-refractivity contribution in [3.05, 3.63) is 24.3 Å². The summed E-state index contributed by atoms with van der Waals surface area (Å²) in [6.45, 7) is 8.05. The van der Waals surface area contributed by atoms with Gasteiger partial charge in [0.2, 0.25) is 0 Å². The first-order valence-corrected chi connectivity index (χ1v) is 8.46. The van der Waals surface area contributed by atoms with E-state index in [1.54, 1.807) is 7.11 Å². The fraction of sp³-hybridized carbons (Fsp3) is 0.647. The van der Waals surface area contributed by atoms with Gasteiger partial charge in [-0.25, -0.2) is 0 Å². The van der Waals surface area contributed by atoms with Crippen LogP contribution in [0.25, 0.3) is 0 Å². The Kier molecular flexibility index (Phi) is 5.39. The van der Waals surface area contributed by atoms with Crippen molar-refractivity contribution in [3.8, 4) is 5.75 Å². The molecule has 112 valence electrons. The van der Waals surface area contributed by atoms with E-state index in [0.717, 1.165) is 12.3 Å². The summed E-state index contributed by atoms with van der Waals surface area (Å²) in [5.41, 5.74) is 0.461. The average Bonchev–Trinajstić information content (AvgIpc) is 2.42. The van der Waals surface area contributed by atoms with Gasteiger partial charge in [0, 0.05) is 16.2 Å². The van der Waals surface area contributed by atoms with Gasteiger partial charge in [-0.15, -0.1) is 11.8 Å². The summed E-state index contributed by atoms with van der Waals surface area (Å²) in [6, 6.07) is 9.06. The molecule has 0 radical (unpaired) electrons. The molecule has 1 fully saturated rings. The summed E-state index contributed by atoms with van der Waals surface area (Å²) in [6.07, 6.45) is 3.87. The molecule has 0 aliphatic heterocycles. The molecular weight excluding hydrogens is 266 g/mol. The van der Waals surface area contributed by atoms with E-state index < -0.39 is 0 Å². The largest absolute Gasteiger partial charge is 0.497 e. The van der Waals surface area contributed by atoms with Gasteiger partial charge >= 0.3 is 0 Å². The number of hydrogen-bond donors (Lipinski definition) is 1. The highest BCUT2D eigenvalue weighted by Gasteiger charge is 2.34. The van der Waals surface area contributed by atoms with Crippen molar-refractivity contribution >= 4 is 11.8 Å². The van der Waals surface area contributed by atoms with Crippen LogP contribution >= 0.6 is 11.8 Å². The number of thioether (sulfide) groups is 1. The molecule has 2 rings (SSSR count). The summed E-state index contributed by atoms with van der Waals surface area (Å²) in [7, 11) is 1.73. The molecule has 0 saturated heterocycles. The highest BCUT2D eigenvalue weighted by molar-refractivity contribution is 8.00. The molecule has 0 heterocycles. The van der Waals surface area contributed by atoms with Crippen LogP contribution in [0.2, 0.25) is 0 Å². The maximum Gasteiger partial charge on any atom is 0.119 e.